The molecule has 0 aliphatic rings. The van der Waals surface area contributed by atoms with Crippen molar-refractivity contribution in [3.63, 3.8) is 0 Å². The van der Waals surface area contributed by atoms with Gasteiger partial charge in [0.15, 0.2) is 6.10 Å². The highest BCUT2D eigenvalue weighted by atomic mass is 19.4. The molecule has 0 radical (unpaired) electrons. The zero-order chi connectivity index (χ0) is 11.5. The molecule has 0 spiro atoms. The number of nitrogens with zero attached hydrogens (tertiary/aromatic N) is 1. The number of aromatic nitrogens is 1. The molecule has 0 saturated heterocycles. The van der Waals surface area contributed by atoms with Crippen LogP contribution >= 0.6 is 0 Å². The SMILES string of the molecule is OC(CNc1ccnc(F)c1)C(F)(F)F. The fourth-order valence-corrected chi connectivity index (χ4v) is 0.843. The lowest BCUT2D eigenvalue weighted by Gasteiger charge is -2.15. The molecule has 0 fully saturated rings. The van der Waals surface area contributed by atoms with Crippen molar-refractivity contribution in [2.45, 2.75) is 12.3 Å². The van der Waals surface area contributed by atoms with Gasteiger partial charge in [0.05, 0.1) is 0 Å². The molecule has 84 valence electrons. The van der Waals surface area contributed by atoms with Gasteiger partial charge in [0.2, 0.25) is 5.95 Å². The molecule has 0 bridgehead atoms. The van der Waals surface area contributed by atoms with E-state index >= 15 is 0 Å². The van der Waals surface area contributed by atoms with Crippen LogP contribution in [-0.4, -0.2) is 28.9 Å². The number of alkyl halides is 3. The van der Waals surface area contributed by atoms with Gasteiger partial charge in [-0.1, -0.05) is 0 Å². The molecule has 0 aliphatic heterocycles. The molecule has 0 aromatic carbocycles. The summed E-state index contributed by atoms with van der Waals surface area (Å²) in [6, 6.07) is 2.23. The van der Waals surface area contributed by atoms with Gasteiger partial charge in [-0.05, 0) is 6.07 Å². The minimum atomic E-state index is -4.68. The van der Waals surface area contributed by atoms with Crippen molar-refractivity contribution in [3.05, 3.63) is 24.3 Å². The topological polar surface area (TPSA) is 45.1 Å². The largest absolute Gasteiger partial charge is 0.416 e. The molecule has 1 heterocycles. The third kappa shape index (κ3) is 3.70. The van der Waals surface area contributed by atoms with Gasteiger partial charge >= 0.3 is 6.18 Å². The predicted molar refractivity (Wildman–Crippen MR) is 44.7 cm³/mol. The van der Waals surface area contributed by atoms with Gasteiger partial charge < -0.3 is 10.4 Å². The molecule has 0 aliphatic carbocycles. The predicted octanol–water partition coefficient (Wildman–Crippen LogP) is 1.56. The Hall–Kier alpha value is -1.37. The molecule has 7 heteroatoms. The molecule has 0 saturated carbocycles. The number of anilines is 1. The second-order valence-corrected chi connectivity index (χ2v) is 2.81. The first kappa shape index (κ1) is 11.7. The number of nitrogens with one attached hydrogen (secondary N) is 1. The monoisotopic (exact) mass is 224 g/mol. The molecular weight excluding hydrogens is 216 g/mol. The maximum absolute atomic E-state index is 12.5. The lowest BCUT2D eigenvalue weighted by Crippen LogP contribution is -2.35. The van der Waals surface area contributed by atoms with Crippen molar-refractivity contribution < 1.29 is 22.7 Å². The minimum Gasteiger partial charge on any atom is -0.382 e. The third-order valence-corrected chi connectivity index (χ3v) is 1.60. The van der Waals surface area contributed by atoms with Gasteiger partial charge in [0.1, 0.15) is 0 Å². The third-order valence-electron chi connectivity index (χ3n) is 1.60. The average molecular weight is 224 g/mol. The second-order valence-electron chi connectivity index (χ2n) is 2.81. The normalized spacial score (nSPS) is 13.7. The van der Waals surface area contributed by atoms with E-state index in [0.717, 1.165) is 12.3 Å². The van der Waals surface area contributed by atoms with Crippen molar-refractivity contribution in [2.24, 2.45) is 0 Å². The zero-order valence-corrected chi connectivity index (χ0v) is 7.42. The van der Waals surface area contributed by atoms with E-state index < -0.39 is 24.8 Å². The summed E-state index contributed by atoms with van der Waals surface area (Å²) in [5.41, 5.74) is 0.130. The molecule has 1 atom stereocenters. The molecule has 1 aromatic rings. The van der Waals surface area contributed by atoms with E-state index in [-0.39, 0.29) is 5.69 Å². The van der Waals surface area contributed by atoms with Gasteiger partial charge in [0, 0.05) is 24.5 Å². The lowest BCUT2D eigenvalue weighted by molar-refractivity contribution is -0.198. The molecule has 1 aromatic heterocycles. The van der Waals surface area contributed by atoms with Gasteiger partial charge in [-0.2, -0.15) is 17.6 Å². The number of rotatable bonds is 3. The van der Waals surface area contributed by atoms with Gasteiger partial charge in [0.25, 0.3) is 0 Å². The Morgan fingerprint density at radius 2 is 2.13 bits per heavy atom. The molecule has 3 nitrogen and oxygen atoms in total. The molecule has 1 rings (SSSR count). The number of halogens is 4. The molecule has 2 N–H and O–H groups in total. The van der Waals surface area contributed by atoms with E-state index in [2.05, 4.69) is 10.3 Å². The summed E-state index contributed by atoms with van der Waals surface area (Å²) >= 11 is 0. The highest BCUT2D eigenvalue weighted by Gasteiger charge is 2.37. The van der Waals surface area contributed by atoms with Crippen LogP contribution in [0.3, 0.4) is 0 Å². The summed E-state index contributed by atoms with van der Waals surface area (Å²) in [5, 5.41) is 10.9. The van der Waals surface area contributed by atoms with Crippen LogP contribution in [0, 0.1) is 5.95 Å². The quantitative estimate of drug-likeness (QED) is 0.605. The van der Waals surface area contributed by atoms with E-state index in [4.69, 9.17) is 5.11 Å². The van der Waals surface area contributed by atoms with E-state index in [1.165, 1.54) is 6.07 Å². The fourth-order valence-electron chi connectivity index (χ4n) is 0.843. The first-order valence-corrected chi connectivity index (χ1v) is 4.00. The lowest BCUT2D eigenvalue weighted by atomic mass is 10.3. The molecule has 15 heavy (non-hydrogen) atoms. The van der Waals surface area contributed by atoms with Crippen LogP contribution in [0.5, 0.6) is 0 Å². The van der Waals surface area contributed by atoms with Crippen LogP contribution in [0.1, 0.15) is 0 Å². The number of hydrogen-bond donors (Lipinski definition) is 2. The Kier molecular flexibility index (Phi) is 3.46. The highest BCUT2D eigenvalue weighted by molar-refractivity contribution is 5.41. The van der Waals surface area contributed by atoms with Crippen molar-refractivity contribution in [2.75, 3.05) is 11.9 Å². The van der Waals surface area contributed by atoms with E-state index in [1.54, 1.807) is 0 Å². The van der Waals surface area contributed by atoms with Gasteiger partial charge in [-0.25, -0.2) is 4.98 Å². The van der Waals surface area contributed by atoms with E-state index in [0.29, 0.717) is 0 Å². The van der Waals surface area contributed by atoms with E-state index in [1.807, 2.05) is 0 Å². The standard InChI is InChI=1S/C8H8F4N2O/c9-7-3-5(1-2-13-7)14-4-6(15)8(10,11)12/h1-3,6,15H,4H2,(H,13,14). The van der Waals surface area contributed by atoms with Crippen LogP contribution in [-0.2, 0) is 0 Å². The maximum Gasteiger partial charge on any atom is 0.416 e. The van der Waals surface area contributed by atoms with Gasteiger partial charge in [-0.3, -0.25) is 0 Å². The second kappa shape index (κ2) is 4.43. The Balaban J connectivity index is 2.51. The Bertz CT molecular complexity index is 329. The summed E-state index contributed by atoms with van der Waals surface area (Å²) in [4.78, 5) is 3.22. The van der Waals surface area contributed by atoms with Crippen molar-refractivity contribution in [1.29, 1.82) is 0 Å². The maximum atomic E-state index is 12.5. The van der Waals surface area contributed by atoms with Crippen LogP contribution in [0.2, 0.25) is 0 Å². The number of aliphatic hydroxyl groups excluding tert-OH is 1. The van der Waals surface area contributed by atoms with E-state index in [9.17, 15) is 17.6 Å². The Morgan fingerprint density at radius 1 is 1.47 bits per heavy atom. The fraction of sp³-hybridized carbons (Fsp3) is 0.375. The summed E-state index contributed by atoms with van der Waals surface area (Å²) in [6.07, 6.45) is -6.05. The van der Waals surface area contributed by atoms with Crippen molar-refractivity contribution >= 4 is 5.69 Å². The first-order valence-electron chi connectivity index (χ1n) is 4.00. The minimum absolute atomic E-state index is 0.130. The number of pyridine rings is 1. The zero-order valence-electron chi connectivity index (χ0n) is 7.42. The highest BCUT2D eigenvalue weighted by Crippen LogP contribution is 2.20. The summed E-state index contributed by atoms with van der Waals surface area (Å²) < 4.78 is 48.1. The van der Waals surface area contributed by atoms with Crippen LogP contribution in [0.15, 0.2) is 18.3 Å². The van der Waals surface area contributed by atoms with Gasteiger partial charge in [-0.15, -0.1) is 0 Å². The van der Waals surface area contributed by atoms with Crippen molar-refractivity contribution in [1.82, 2.24) is 4.98 Å². The first-order chi connectivity index (χ1) is 6.89. The van der Waals surface area contributed by atoms with Crippen LogP contribution < -0.4 is 5.32 Å². The molecule has 1 unspecified atom stereocenters. The smallest absolute Gasteiger partial charge is 0.382 e. The average Bonchev–Trinajstić information content (AvgIpc) is 2.12. The molecular formula is C8H8F4N2O. The van der Waals surface area contributed by atoms with Crippen LogP contribution in [0.4, 0.5) is 23.2 Å². The van der Waals surface area contributed by atoms with Crippen molar-refractivity contribution in [3.8, 4) is 0 Å². The number of hydrogen-bond acceptors (Lipinski definition) is 3. The molecule has 0 amide bonds. The Labute approximate surface area is 82.8 Å². The summed E-state index contributed by atoms with van der Waals surface area (Å²) in [5.74, 6) is -0.804. The number of aliphatic hydroxyl groups is 1. The summed E-state index contributed by atoms with van der Waals surface area (Å²) in [6.45, 7) is -0.729. The van der Waals surface area contributed by atoms with Crippen LogP contribution in [0.25, 0.3) is 0 Å². The summed E-state index contributed by atoms with van der Waals surface area (Å²) in [7, 11) is 0. The Morgan fingerprint density at radius 3 is 2.67 bits per heavy atom.